The Morgan fingerprint density at radius 2 is 1.55 bits per heavy atom. The summed E-state index contributed by atoms with van der Waals surface area (Å²) in [5.74, 6) is 0.681. The molecule has 0 aliphatic carbocycles. The molecule has 0 bridgehead atoms. The molecule has 3 aromatic rings. The molecule has 2 aliphatic heterocycles. The average molecular weight is 628 g/mol. The maximum Gasteiger partial charge on any atom is 1.00 e. The maximum absolute atomic E-state index is 10.5. The number of hydrogen-bond donors (Lipinski definition) is 1. The fourth-order valence-corrected chi connectivity index (χ4v) is 2.99. The van der Waals surface area contributed by atoms with Crippen molar-refractivity contribution < 1.29 is 143 Å². The molecule has 2 saturated heterocycles. The molecule has 2 fully saturated rings. The number of epoxide rings is 2. The van der Waals surface area contributed by atoms with Gasteiger partial charge in [0.2, 0.25) is 0 Å². The Kier molecular flexibility index (Phi) is 22.7. The van der Waals surface area contributed by atoms with Crippen molar-refractivity contribution in [3.63, 3.8) is 0 Å². The van der Waals surface area contributed by atoms with E-state index in [-0.39, 0.29) is 133 Å². The molecule has 2 aliphatic rings. The van der Waals surface area contributed by atoms with Gasteiger partial charge in [0.1, 0.15) is 36.3 Å². The predicted octanol–water partition coefficient (Wildman–Crippen LogP) is -2.92. The number of nitrogens with zero attached hydrogens (tertiary/aromatic N) is 3. The van der Waals surface area contributed by atoms with Gasteiger partial charge >= 0.3 is 103 Å². The van der Waals surface area contributed by atoms with E-state index in [0.717, 1.165) is 31.6 Å². The summed E-state index contributed by atoms with van der Waals surface area (Å²) < 4.78 is 15.5. The van der Waals surface area contributed by atoms with Gasteiger partial charge in [0, 0.05) is 12.1 Å². The number of aromatic hydroxyl groups is 1. The van der Waals surface area contributed by atoms with E-state index in [2.05, 4.69) is 11.0 Å². The van der Waals surface area contributed by atoms with E-state index in [1.807, 2.05) is 24.3 Å². The second kappa shape index (κ2) is 23.7. The molecule has 2 heterocycles. The molecule has 0 aromatic heterocycles. The number of nitro groups is 1. The molecule has 3 aromatic carbocycles. The number of carbonyl (C=O) groups excluding carboxylic acids is 1. The van der Waals surface area contributed by atoms with E-state index in [1.54, 1.807) is 42.5 Å². The first-order valence-corrected chi connectivity index (χ1v) is 11.9. The van der Waals surface area contributed by atoms with Gasteiger partial charge in [0.25, 0.3) is 12.2 Å². The Hall–Kier alpha value is -1.74. The summed E-state index contributed by atoms with van der Waals surface area (Å²) in [6.07, 6.45) is 2.43. The first-order valence-electron chi connectivity index (χ1n) is 11.9. The fraction of sp³-hybridized carbons (Fsp3) is 0.250. The van der Waals surface area contributed by atoms with Crippen molar-refractivity contribution in [2.24, 2.45) is 0 Å². The third-order valence-electron chi connectivity index (χ3n) is 5.18. The van der Waals surface area contributed by atoms with Crippen LogP contribution in [-0.2, 0) is 25.6 Å². The predicted molar refractivity (Wildman–Crippen MR) is 139 cm³/mol. The molecule has 0 saturated carbocycles. The van der Waals surface area contributed by atoms with Crippen molar-refractivity contribution in [3.8, 4) is 23.6 Å². The van der Waals surface area contributed by atoms with Gasteiger partial charge in [0.15, 0.2) is 0 Å². The number of ether oxygens (including phenoxy) is 3. The van der Waals surface area contributed by atoms with Crippen LogP contribution >= 0.6 is 0 Å². The molecule has 5 rings (SSSR count). The van der Waals surface area contributed by atoms with Gasteiger partial charge in [-0.25, -0.2) is 0 Å². The zero-order chi connectivity index (χ0) is 29.2. The second-order valence-electron chi connectivity index (χ2n) is 8.12. The van der Waals surface area contributed by atoms with Crippen LogP contribution in [0.2, 0.25) is 0 Å². The minimum Gasteiger partial charge on any atom is -1.00 e. The number of para-hydroxylation sites is 2. The molecule has 42 heavy (non-hydrogen) atoms. The zero-order valence-electron chi connectivity index (χ0n) is 24.3. The largest absolute Gasteiger partial charge is 1.00 e. The van der Waals surface area contributed by atoms with Crippen molar-refractivity contribution in [2.45, 2.75) is 25.0 Å². The number of rotatable bonds is 8. The number of phenolic OH excluding ortho intramolecular Hbond substituents is 1. The van der Waals surface area contributed by atoms with Gasteiger partial charge in [-0.2, -0.15) is 10.5 Å². The van der Waals surface area contributed by atoms with Gasteiger partial charge in [-0.1, -0.05) is 36.4 Å². The molecule has 0 unspecified atom stereocenters. The summed E-state index contributed by atoms with van der Waals surface area (Å²) in [4.78, 5) is 21.4. The minimum absolute atomic E-state index is 0. The number of phenols is 1. The normalized spacial score (nSPS) is 14.6. The molecular weight excluding hydrogens is 601 g/mol. The van der Waals surface area contributed by atoms with Gasteiger partial charge in [-0.3, -0.25) is 14.9 Å². The Morgan fingerprint density at radius 3 is 2.05 bits per heavy atom. The summed E-state index contributed by atoms with van der Waals surface area (Å²) in [5.41, 5.74) is 2.06. The first kappa shape index (κ1) is 40.3. The summed E-state index contributed by atoms with van der Waals surface area (Å²) in [5, 5.41) is 44.8. The zero-order valence-corrected chi connectivity index (χ0v) is 29.5. The summed E-state index contributed by atoms with van der Waals surface area (Å²) in [6.45, 7) is 1.97. The van der Waals surface area contributed by atoms with Gasteiger partial charge in [0.05, 0.1) is 35.4 Å². The van der Waals surface area contributed by atoms with Crippen LogP contribution in [0.25, 0.3) is 0 Å². The number of carbonyl (C=O) groups is 1. The number of benzene rings is 3. The summed E-state index contributed by atoms with van der Waals surface area (Å²) in [7, 11) is 0. The third kappa shape index (κ3) is 17.4. The van der Waals surface area contributed by atoms with Gasteiger partial charge in [-0.05, 0) is 42.7 Å². The van der Waals surface area contributed by atoms with Crippen molar-refractivity contribution >= 4 is 12.2 Å². The number of nitriles is 2. The standard InChI is InChI=1S/C10H11NO3.C10H9NO2.C7H5NO.CH2O3.2K.H/c12-11(13)9-3-1-2-8(6-9)4-5-10-7-14-10;11-5-8-3-1-2-4-10(8)13-7-9-6-12-9;8-5-6-3-1-2-4-7(6)9;2-1-4-3;;;/h1-3,6,10H,4-5,7H2;1-4,9H,6-7H2;1-4,9H;1,3H;;;/q;;;;2*+1;-1/p-1/t10-;9-;;;;;/m10...../s1. The van der Waals surface area contributed by atoms with E-state index < -0.39 is 0 Å². The molecule has 14 heteroatoms. The van der Waals surface area contributed by atoms with Crippen LogP contribution in [0.4, 0.5) is 5.69 Å². The second-order valence-corrected chi connectivity index (χ2v) is 8.12. The molecule has 0 radical (unpaired) electrons. The Labute approximate surface area is 329 Å². The monoisotopic (exact) mass is 627 g/mol. The van der Waals surface area contributed by atoms with Crippen LogP contribution in [0, 0.1) is 32.8 Å². The number of nitro benzene ring substituents is 1. The van der Waals surface area contributed by atoms with Crippen LogP contribution in [0.15, 0.2) is 72.8 Å². The first-order chi connectivity index (χ1) is 19.4. The van der Waals surface area contributed by atoms with E-state index in [9.17, 15) is 10.1 Å². The molecule has 210 valence electrons. The van der Waals surface area contributed by atoms with Crippen molar-refractivity contribution in [2.75, 3.05) is 19.8 Å². The third-order valence-corrected chi connectivity index (χ3v) is 5.18. The summed E-state index contributed by atoms with van der Waals surface area (Å²) >= 11 is 0. The average Bonchev–Trinajstić information content (AvgIpc) is 3.92. The van der Waals surface area contributed by atoms with E-state index in [4.69, 9.17) is 39.9 Å². The van der Waals surface area contributed by atoms with Crippen LogP contribution in [-0.4, -0.2) is 48.5 Å². The number of non-ortho nitro benzene ring substituents is 1. The molecular formula is C28H27K2N3O9. The van der Waals surface area contributed by atoms with Crippen LogP contribution < -0.4 is 113 Å². The quantitative estimate of drug-likeness (QED) is 0.0671. The van der Waals surface area contributed by atoms with E-state index in [1.165, 1.54) is 12.1 Å². The van der Waals surface area contributed by atoms with Gasteiger partial charge < -0.3 is 30.9 Å². The Bertz CT molecular complexity index is 1330. The fourth-order valence-electron chi connectivity index (χ4n) is 2.99. The minimum atomic E-state index is -0.364. The molecule has 1 N–H and O–H groups in total. The molecule has 2 atom stereocenters. The number of aryl methyl sites for hydroxylation is 1. The van der Waals surface area contributed by atoms with Gasteiger partial charge in [-0.15, -0.1) is 0 Å². The molecule has 0 amide bonds. The van der Waals surface area contributed by atoms with Crippen molar-refractivity contribution in [1.82, 2.24) is 0 Å². The molecule has 12 nitrogen and oxygen atoms in total. The van der Waals surface area contributed by atoms with Crippen LogP contribution in [0.5, 0.6) is 11.5 Å². The van der Waals surface area contributed by atoms with Crippen LogP contribution in [0.1, 0.15) is 24.5 Å². The Morgan fingerprint density at radius 1 is 0.976 bits per heavy atom. The van der Waals surface area contributed by atoms with E-state index in [0.29, 0.717) is 29.6 Å². The topological polar surface area (TPSA) is 195 Å². The van der Waals surface area contributed by atoms with Crippen molar-refractivity contribution in [3.05, 3.63) is 99.6 Å². The Balaban J connectivity index is 0. The maximum atomic E-state index is 10.5. The molecule has 0 spiro atoms. The smallest absolute Gasteiger partial charge is 1.00 e. The van der Waals surface area contributed by atoms with Crippen molar-refractivity contribution in [1.29, 1.82) is 10.5 Å². The summed E-state index contributed by atoms with van der Waals surface area (Å²) in [6, 6.07) is 24.3. The van der Waals surface area contributed by atoms with Crippen LogP contribution in [0.3, 0.4) is 0 Å². The SMILES string of the molecule is N#Cc1ccccc1O.N#Cc1ccccc1OC[C@@H]1CO1.O=CO[O-].O=[N+]([O-])c1cccc(CC[C@@H]2CO2)c1.[H-].[K+].[K+]. The van der Waals surface area contributed by atoms with E-state index >= 15 is 0 Å². The number of hydrogen-bond acceptors (Lipinski definition) is 11.